The Balaban J connectivity index is 1.45. The number of thioether (sulfide) groups is 1. The van der Waals surface area contributed by atoms with Crippen molar-refractivity contribution >= 4 is 17.8 Å². The molecular formula is C23H33N3OS. The summed E-state index contributed by atoms with van der Waals surface area (Å²) in [5.41, 5.74) is 2.92. The normalized spacial score (nSPS) is 31.4. The van der Waals surface area contributed by atoms with E-state index in [-0.39, 0.29) is 23.2 Å². The Morgan fingerprint density at radius 3 is 2.50 bits per heavy atom. The number of benzene rings is 1. The summed E-state index contributed by atoms with van der Waals surface area (Å²) in [6.45, 7) is 3.06. The molecule has 1 spiro atoms. The summed E-state index contributed by atoms with van der Waals surface area (Å²) in [7, 11) is 4.39. The standard InChI is InChI=1S/C23H33N3OS/c1-18(15-19-9-14-28-16-19)26-17-22(24-21(26)27)10-12-23(13-11-22,25(2)3)20-7-5-4-6-8-20/h4-8,16,18H,9-15,17H2,1-3H3,(H,24,27)/t18-,22?,23?/m0/s1. The second-order valence-electron chi connectivity index (χ2n) is 9.08. The van der Waals surface area contributed by atoms with Gasteiger partial charge in [0.25, 0.3) is 0 Å². The Labute approximate surface area is 173 Å². The van der Waals surface area contributed by atoms with Gasteiger partial charge in [-0.1, -0.05) is 35.9 Å². The largest absolute Gasteiger partial charge is 0.331 e. The van der Waals surface area contributed by atoms with Crippen molar-refractivity contribution in [3.05, 3.63) is 46.9 Å². The van der Waals surface area contributed by atoms with Crippen LogP contribution in [0.4, 0.5) is 4.79 Å². The smallest absolute Gasteiger partial charge is 0.318 e. The number of rotatable bonds is 5. The number of urea groups is 1. The van der Waals surface area contributed by atoms with E-state index in [0.717, 1.165) is 38.6 Å². The summed E-state index contributed by atoms with van der Waals surface area (Å²) in [6.07, 6.45) is 6.42. The van der Waals surface area contributed by atoms with E-state index in [1.54, 1.807) is 0 Å². The summed E-state index contributed by atoms with van der Waals surface area (Å²) in [4.78, 5) is 17.3. The summed E-state index contributed by atoms with van der Waals surface area (Å²) in [6, 6.07) is 11.3. The predicted octanol–water partition coefficient (Wildman–Crippen LogP) is 4.58. The second kappa shape index (κ2) is 7.75. The Bertz CT molecular complexity index is 737. The van der Waals surface area contributed by atoms with Gasteiger partial charge in [0.2, 0.25) is 0 Å². The van der Waals surface area contributed by atoms with E-state index in [1.165, 1.54) is 23.3 Å². The van der Waals surface area contributed by atoms with Gasteiger partial charge in [-0.05, 0) is 70.5 Å². The third-order valence-corrected chi connectivity index (χ3v) is 8.13. The first-order chi connectivity index (χ1) is 13.4. The fraction of sp³-hybridized carbons (Fsp3) is 0.609. The number of carbonyl (C=O) groups is 1. The van der Waals surface area contributed by atoms with E-state index < -0.39 is 0 Å². The quantitative estimate of drug-likeness (QED) is 0.787. The van der Waals surface area contributed by atoms with Gasteiger partial charge >= 0.3 is 6.03 Å². The molecule has 0 radical (unpaired) electrons. The zero-order valence-electron chi connectivity index (χ0n) is 17.4. The number of nitrogens with zero attached hydrogens (tertiary/aromatic N) is 2. The van der Waals surface area contributed by atoms with Gasteiger partial charge < -0.3 is 10.2 Å². The Morgan fingerprint density at radius 2 is 1.89 bits per heavy atom. The molecule has 4 nitrogen and oxygen atoms in total. The lowest BCUT2D eigenvalue weighted by atomic mass is 9.69. The molecule has 4 rings (SSSR count). The minimum Gasteiger partial charge on any atom is -0.331 e. The van der Waals surface area contributed by atoms with Crippen molar-refractivity contribution in [2.45, 2.75) is 62.6 Å². The molecule has 3 aliphatic rings. The Hall–Kier alpha value is -1.46. The van der Waals surface area contributed by atoms with Gasteiger partial charge in [0, 0.05) is 23.9 Å². The van der Waals surface area contributed by atoms with Gasteiger partial charge in [-0.25, -0.2) is 4.79 Å². The summed E-state index contributed by atoms with van der Waals surface area (Å²) in [5, 5.41) is 5.69. The molecule has 2 amide bonds. The summed E-state index contributed by atoms with van der Waals surface area (Å²) < 4.78 is 0. The predicted molar refractivity (Wildman–Crippen MR) is 117 cm³/mol. The van der Waals surface area contributed by atoms with E-state index in [2.05, 4.69) is 71.9 Å². The molecule has 0 bridgehead atoms. The molecule has 2 aliphatic heterocycles. The van der Waals surface area contributed by atoms with E-state index in [1.807, 2.05) is 11.8 Å². The highest BCUT2D eigenvalue weighted by molar-refractivity contribution is 8.02. The van der Waals surface area contributed by atoms with Gasteiger partial charge in [0.1, 0.15) is 0 Å². The molecule has 152 valence electrons. The first kappa shape index (κ1) is 19.8. The van der Waals surface area contributed by atoms with Crippen LogP contribution in [0.25, 0.3) is 0 Å². The van der Waals surface area contributed by atoms with Crippen LogP contribution in [0, 0.1) is 0 Å². The van der Waals surface area contributed by atoms with Gasteiger partial charge in [0.15, 0.2) is 0 Å². The first-order valence-corrected chi connectivity index (χ1v) is 11.6. The van der Waals surface area contributed by atoms with Crippen molar-refractivity contribution in [1.82, 2.24) is 15.1 Å². The lowest BCUT2D eigenvalue weighted by Gasteiger charge is -2.48. The maximum atomic E-state index is 12.8. The van der Waals surface area contributed by atoms with Crippen LogP contribution in [-0.2, 0) is 5.54 Å². The number of nitrogens with one attached hydrogen (secondary N) is 1. The van der Waals surface area contributed by atoms with Crippen LogP contribution in [0.5, 0.6) is 0 Å². The van der Waals surface area contributed by atoms with Crippen molar-refractivity contribution < 1.29 is 4.79 Å². The number of amides is 2. The van der Waals surface area contributed by atoms with Crippen LogP contribution in [-0.4, -0.2) is 53.8 Å². The summed E-state index contributed by atoms with van der Waals surface area (Å²) >= 11 is 1.90. The molecule has 2 heterocycles. The van der Waals surface area contributed by atoms with E-state index in [0.29, 0.717) is 0 Å². The minimum absolute atomic E-state index is 0.0571. The molecular weight excluding hydrogens is 366 g/mol. The zero-order valence-corrected chi connectivity index (χ0v) is 18.2. The highest BCUT2D eigenvalue weighted by atomic mass is 32.2. The van der Waals surface area contributed by atoms with E-state index >= 15 is 0 Å². The lowest BCUT2D eigenvalue weighted by molar-refractivity contribution is 0.0607. The second-order valence-corrected chi connectivity index (χ2v) is 10.1. The molecule has 28 heavy (non-hydrogen) atoms. The maximum Gasteiger partial charge on any atom is 0.318 e. The highest BCUT2D eigenvalue weighted by Gasteiger charge is 2.50. The molecule has 0 unspecified atom stereocenters. The zero-order chi connectivity index (χ0) is 19.8. The van der Waals surface area contributed by atoms with Crippen molar-refractivity contribution in [2.24, 2.45) is 0 Å². The molecule has 2 fully saturated rings. The van der Waals surface area contributed by atoms with E-state index in [9.17, 15) is 4.79 Å². The number of hydrogen-bond acceptors (Lipinski definition) is 3. The fourth-order valence-electron chi connectivity index (χ4n) is 5.33. The molecule has 1 aromatic rings. The molecule has 1 atom stereocenters. The van der Waals surface area contributed by atoms with Crippen LogP contribution in [0.15, 0.2) is 41.3 Å². The molecule has 5 heteroatoms. The van der Waals surface area contributed by atoms with Crippen molar-refractivity contribution in [1.29, 1.82) is 0 Å². The maximum absolute atomic E-state index is 12.8. The van der Waals surface area contributed by atoms with Crippen molar-refractivity contribution in [2.75, 3.05) is 26.4 Å². The van der Waals surface area contributed by atoms with Gasteiger partial charge in [-0.15, -0.1) is 11.8 Å². The molecule has 1 saturated carbocycles. The third-order valence-electron chi connectivity index (χ3n) is 7.19. The van der Waals surface area contributed by atoms with Crippen LogP contribution in [0.2, 0.25) is 0 Å². The van der Waals surface area contributed by atoms with E-state index in [4.69, 9.17) is 0 Å². The Kier molecular flexibility index (Phi) is 5.49. The lowest BCUT2D eigenvalue weighted by Crippen LogP contribution is -2.54. The van der Waals surface area contributed by atoms with Gasteiger partial charge in [0.05, 0.1) is 5.54 Å². The highest BCUT2D eigenvalue weighted by Crippen LogP contribution is 2.46. The third kappa shape index (κ3) is 3.59. The average Bonchev–Trinajstić information content (AvgIpc) is 3.31. The number of carbonyl (C=O) groups excluding carboxylic acids is 1. The first-order valence-electron chi connectivity index (χ1n) is 10.6. The molecule has 0 aromatic heterocycles. The average molecular weight is 400 g/mol. The molecule has 1 aromatic carbocycles. The van der Waals surface area contributed by atoms with Crippen LogP contribution < -0.4 is 5.32 Å². The molecule has 1 N–H and O–H groups in total. The van der Waals surface area contributed by atoms with Crippen LogP contribution >= 0.6 is 11.8 Å². The van der Waals surface area contributed by atoms with Gasteiger partial charge in [-0.3, -0.25) is 4.90 Å². The molecule has 1 saturated heterocycles. The fourth-order valence-corrected chi connectivity index (χ4v) is 6.27. The van der Waals surface area contributed by atoms with Crippen LogP contribution in [0.1, 0.15) is 51.0 Å². The minimum atomic E-state index is -0.0571. The topological polar surface area (TPSA) is 35.6 Å². The van der Waals surface area contributed by atoms with Gasteiger partial charge in [-0.2, -0.15) is 0 Å². The molecule has 1 aliphatic carbocycles. The summed E-state index contributed by atoms with van der Waals surface area (Å²) in [5.74, 6) is 1.20. The monoisotopic (exact) mass is 399 g/mol. The van der Waals surface area contributed by atoms with Crippen LogP contribution in [0.3, 0.4) is 0 Å². The Morgan fingerprint density at radius 1 is 1.18 bits per heavy atom. The van der Waals surface area contributed by atoms with Crippen molar-refractivity contribution in [3.8, 4) is 0 Å². The van der Waals surface area contributed by atoms with Crippen molar-refractivity contribution in [3.63, 3.8) is 0 Å². The number of hydrogen-bond donors (Lipinski definition) is 1. The SMILES string of the molecule is C[C@@H](CC1=CSCC1)N1CC2(CCC(c3ccccc3)(N(C)C)CC2)NC1=O.